The highest BCUT2D eigenvalue weighted by molar-refractivity contribution is 7.07. The van der Waals surface area contributed by atoms with Crippen molar-refractivity contribution in [3.05, 3.63) is 34.3 Å². The van der Waals surface area contributed by atoms with Crippen molar-refractivity contribution >= 4 is 17.2 Å². The van der Waals surface area contributed by atoms with Crippen LogP contribution < -0.4 is 5.32 Å². The fourth-order valence-electron chi connectivity index (χ4n) is 2.66. The minimum atomic E-state index is -1.15. The Balaban J connectivity index is 1.60. The summed E-state index contributed by atoms with van der Waals surface area (Å²) >= 11 is 1.36. The molecule has 0 radical (unpaired) electrons. The molecule has 3 heterocycles. The van der Waals surface area contributed by atoms with Gasteiger partial charge in [0.1, 0.15) is 11.3 Å². The van der Waals surface area contributed by atoms with Crippen molar-refractivity contribution in [3.63, 3.8) is 0 Å². The second-order valence-electron chi connectivity index (χ2n) is 6.02. The van der Waals surface area contributed by atoms with Gasteiger partial charge in [0.05, 0.1) is 37.3 Å². The van der Waals surface area contributed by atoms with Gasteiger partial charge in [-0.15, -0.1) is 11.3 Å². The molecule has 2 aromatic rings. The number of carbonyl (C=O) groups is 1. The van der Waals surface area contributed by atoms with Crippen molar-refractivity contribution in [2.24, 2.45) is 0 Å². The van der Waals surface area contributed by atoms with Crippen LogP contribution in [0.15, 0.2) is 17.2 Å². The van der Waals surface area contributed by atoms with Crippen molar-refractivity contribution in [2.75, 3.05) is 32.8 Å². The van der Waals surface area contributed by atoms with E-state index < -0.39 is 5.60 Å². The Morgan fingerprint density at radius 1 is 1.58 bits per heavy atom. The lowest BCUT2D eigenvalue weighted by atomic mass is 10.0. The number of imidazole rings is 1. The molecule has 9 heteroatoms. The highest BCUT2D eigenvalue weighted by Gasteiger charge is 2.33. The summed E-state index contributed by atoms with van der Waals surface area (Å²) in [6, 6.07) is 0. The lowest BCUT2D eigenvalue weighted by Crippen LogP contribution is -2.52. The number of thiazole rings is 1. The molecule has 0 saturated carbocycles. The Morgan fingerprint density at radius 2 is 2.46 bits per heavy atom. The van der Waals surface area contributed by atoms with Gasteiger partial charge in [-0.25, -0.2) is 9.97 Å². The van der Waals surface area contributed by atoms with Crippen molar-refractivity contribution in [2.45, 2.75) is 19.1 Å². The minimum Gasteiger partial charge on any atom is -0.384 e. The molecule has 1 fully saturated rings. The highest BCUT2D eigenvalue weighted by Crippen LogP contribution is 2.15. The van der Waals surface area contributed by atoms with Crippen LogP contribution in [-0.4, -0.2) is 69.3 Å². The van der Waals surface area contributed by atoms with E-state index in [1.807, 2.05) is 6.92 Å². The fraction of sp³-hybridized carbons (Fsp3) is 0.533. The standard InChI is InChI=1S/C15H21N5O3S/c1-11-12(18-9-17-11)4-20-2-3-23-8-15(22,7-20)6-16-14(21)13-5-24-10-19-13/h5,9-10,22H,2-4,6-8H2,1H3,(H,16,21)(H,17,18)/t15-/m0/s1. The Kier molecular flexibility index (Phi) is 5.24. The quantitative estimate of drug-likeness (QED) is 0.709. The molecule has 130 valence electrons. The number of amides is 1. The van der Waals surface area contributed by atoms with E-state index in [2.05, 4.69) is 25.2 Å². The van der Waals surface area contributed by atoms with Crippen LogP contribution in [0.25, 0.3) is 0 Å². The first kappa shape index (κ1) is 17.0. The molecule has 8 nitrogen and oxygen atoms in total. The summed E-state index contributed by atoms with van der Waals surface area (Å²) in [6.45, 7) is 4.52. The summed E-state index contributed by atoms with van der Waals surface area (Å²) in [5, 5.41) is 15.3. The van der Waals surface area contributed by atoms with Gasteiger partial charge in [-0.2, -0.15) is 0 Å². The van der Waals surface area contributed by atoms with Crippen LogP contribution >= 0.6 is 11.3 Å². The predicted octanol–water partition coefficient (Wildman–Crippen LogP) is 0.168. The van der Waals surface area contributed by atoms with Crippen LogP contribution in [0.2, 0.25) is 0 Å². The Morgan fingerprint density at radius 3 is 3.17 bits per heavy atom. The number of H-pyrrole nitrogens is 1. The molecule has 0 aliphatic carbocycles. The van der Waals surface area contributed by atoms with E-state index in [1.165, 1.54) is 11.3 Å². The monoisotopic (exact) mass is 351 g/mol. The number of hydrogen-bond donors (Lipinski definition) is 3. The second-order valence-corrected chi connectivity index (χ2v) is 6.74. The van der Waals surface area contributed by atoms with E-state index >= 15 is 0 Å². The number of nitrogens with one attached hydrogen (secondary N) is 2. The van der Waals surface area contributed by atoms with Gasteiger partial charge >= 0.3 is 0 Å². The van der Waals surface area contributed by atoms with E-state index in [-0.39, 0.29) is 19.1 Å². The average molecular weight is 351 g/mol. The Bertz CT molecular complexity index is 674. The van der Waals surface area contributed by atoms with Crippen LogP contribution in [0.4, 0.5) is 0 Å². The van der Waals surface area contributed by atoms with Gasteiger partial charge in [0, 0.05) is 30.7 Å². The molecule has 0 aromatic carbocycles. The molecule has 0 bridgehead atoms. The van der Waals surface area contributed by atoms with E-state index in [4.69, 9.17) is 4.74 Å². The molecule has 1 aliphatic heterocycles. The SMILES string of the molecule is Cc1[nH]cnc1CN1CCOC[C@](O)(CNC(=O)c2cscn2)C1. The zero-order valence-corrected chi connectivity index (χ0v) is 14.3. The Labute approximate surface area is 143 Å². The molecule has 0 unspecified atom stereocenters. The molecule has 1 amide bonds. The normalized spacial score (nSPS) is 22.2. The number of aliphatic hydroxyl groups is 1. The maximum Gasteiger partial charge on any atom is 0.270 e. The van der Waals surface area contributed by atoms with Gasteiger partial charge in [0.25, 0.3) is 5.91 Å². The topological polar surface area (TPSA) is 103 Å². The van der Waals surface area contributed by atoms with Gasteiger partial charge < -0.3 is 20.1 Å². The molecule has 3 N–H and O–H groups in total. The number of nitrogens with zero attached hydrogens (tertiary/aromatic N) is 3. The molecule has 3 rings (SSSR count). The van der Waals surface area contributed by atoms with Crippen LogP contribution in [0.5, 0.6) is 0 Å². The summed E-state index contributed by atoms with van der Waals surface area (Å²) in [6.07, 6.45) is 1.67. The zero-order chi connectivity index (χ0) is 17.0. The summed E-state index contributed by atoms with van der Waals surface area (Å²) in [5.74, 6) is -0.288. The summed E-state index contributed by atoms with van der Waals surface area (Å²) in [7, 11) is 0. The third-order valence-corrected chi connectivity index (χ3v) is 4.58. The van der Waals surface area contributed by atoms with Gasteiger partial charge in [-0.05, 0) is 6.92 Å². The number of aryl methyl sites for hydroxylation is 1. The maximum absolute atomic E-state index is 12.0. The van der Waals surface area contributed by atoms with Crippen molar-refractivity contribution < 1.29 is 14.6 Å². The number of aromatic amines is 1. The number of ether oxygens (including phenoxy) is 1. The predicted molar refractivity (Wildman–Crippen MR) is 88.8 cm³/mol. The van der Waals surface area contributed by atoms with Crippen LogP contribution in [0, 0.1) is 6.92 Å². The fourth-order valence-corrected chi connectivity index (χ4v) is 3.19. The first-order valence-electron chi connectivity index (χ1n) is 7.73. The first-order valence-corrected chi connectivity index (χ1v) is 8.68. The number of hydrogen-bond acceptors (Lipinski definition) is 7. The van der Waals surface area contributed by atoms with Gasteiger partial charge in [-0.3, -0.25) is 9.69 Å². The molecule has 0 spiro atoms. The minimum absolute atomic E-state index is 0.111. The van der Waals surface area contributed by atoms with E-state index in [0.717, 1.165) is 11.4 Å². The summed E-state index contributed by atoms with van der Waals surface area (Å²) < 4.78 is 5.53. The molecule has 1 aliphatic rings. The lowest BCUT2D eigenvalue weighted by Gasteiger charge is -2.30. The molecular formula is C15H21N5O3S. The van der Waals surface area contributed by atoms with Gasteiger partial charge in [0.15, 0.2) is 0 Å². The highest BCUT2D eigenvalue weighted by atomic mass is 32.1. The largest absolute Gasteiger partial charge is 0.384 e. The van der Waals surface area contributed by atoms with Crippen molar-refractivity contribution in [3.8, 4) is 0 Å². The summed E-state index contributed by atoms with van der Waals surface area (Å²) in [5.41, 5.74) is 2.78. The molecule has 24 heavy (non-hydrogen) atoms. The van der Waals surface area contributed by atoms with Crippen molar-refractivity contribution in [1.29, 1.82) is 0 Å². The third kappa shape index (κ3) is 4.18. The van der Waals surface area contributed by atoms with Crippen molar-refractivity contribution in [1.82, 2.24) is 25.2 Å². The van der Waals surface area contributed by atoms with Crippen LogP contribution in [0.1, 0.15) is 21.9 Å². The molecule has 1 atom stereocenters. The van der Waals surface area contributed by atoms with Gasteiger partial charge in [-0.1, -0.05) is 0 Å². The Hall–Kier alpha value is -1.81. The smallest absolute Gasteiger partial charge is 0.270 e. The second kappa shape index (κ2) is 7.39. The molecular weight excluding hydrogens is 330 g/mol. The van der Waals surface area contributed by atoms with E-state index in [1.54, 1.807) is 17.2 Å². The average Bonchev–Trinajstić information content (AvgIpc) is 3.18. The zero-order valence-electron chi connectivity index (χ0n) is 13.5. The third-order valence-electron chi connectivity index (χ3n) is 3.99. The number of β-amino-alcohol motifs (C(OH)–C–C–N with tert-alkyl or cyclic N) is 1. The van der Waals surface area contributed by atoms with E-state index in [9.17, 15) is 9.90 Å². The van der Waals surface area contributed by atoms with Crippen LogP contribution in [0.3, 0.4) is 0 Å². The number of carbonyl (C=O) groups excluding carboxylic acids is 1. The first-order chi connectivity index (χ1) is 11.6. The molecule has 1 saturated heterocycles. The van der Waals surface area contributed by atoms with Crippen LogP contribution in [-0.2, 0) is 11.3 Å². The van der Waals surface area contributed by atoms with Gasteiger partial charge in [0.2, 0.25) is 0 Å². The summed E-state index contributed by atoms with van der Waals surface area (Å²) in [4.78, 5) is 25.4. The lowest BCUT2D eigenvalue weighted by molar-refractivity contribution is -0.0346. The number of aromatic nitrogens is 3. The molecule has 2 aromatic heterocycles. The van der Waals surface area contributed by atoms with E-state index in [0.29, 0.717) is 31.9 Å². The number of rotatable bonds is 5. The maximum atomic E-state index is 12.0.